The van der Waals surface area contributed by atoms with Gasteiger partial charge in [-0.2, -0.15) is 4.98 Å². The van der Waals surface area contributed by atoms with Crippen LogP contribution in [-0.4, -0.2) is 45.4 Å². The van der Waals surface area contributed by atoms with Crippen LogP contribution in [0, 0.1) is 0 Å². The van der Waals surface area contributed by atoms with Crippen LogP contribution in [0.25, 0.3) is 11.4 Å². The van der Waals surface area contributed by atoms with Gasteiger partial charge in [-0.15, -0.1) is 0 Å². The fourth-order valence-electron chi connectivity index (χ4n) is 3.15. The highest BCUT2D eigenvalue weighted by Crippen LogP contribution is 2.21. The minimum absolute atomic E-state index is 0.238. The van der Waals surface area contributed by atoms with E-state index in [2.05, 4.69) is 15.0 Å². The first-order valence-electron chi connectivity index (χ1n) is 8.14. The molecule has 23 heavy (non-hydrogen) atoms. The largest absolute Gasteiger partial charge is 0.392 e. The monoisotopic (exact) mass is 335 g/mol. The molecule has 0 spiro atoms. The summed E-state index contributed by atoms with van der Waals surface area (Å²) >= 11 is 5.89. The van der Waals surface area contributed by atoms with E-state index in [1.54, 1.807) is 0 Å². The fraction of sp³-hybridized carbons (Fsp3) is 0.529. The summed E-state index contributed by atoms with van der Waals surface area (Å²) in [6, 6.07) is 7.63. The van der Waals surface area contributed by atoms with E-state index < -0.39 is 0 Å². The lowest BCUT2D eigenvalue weighted by Crippen LogP contribution is -2.46. The van der Waals surface area contributed by atoms with Crippen LogP contribution in [0.4, 0.5) is 0 Å². The molecule has 2 atom stereocenters. The highest BCUT2D eigenvalue weighted by Gasteiger charge is 2.26. The second-order valence-electron chi connectivity index (χ2n) is 6.11. The highest BCUT2D eigenvalue weighted by molar-refractivity contribution is 6.30. The Kier molecular flexibility index (Phi) is 5.30. The van der Waals surface area contributed by atoms with Crippen molar-refractivity contribution in [2.24, 2.45) is 0 Å². The molecule has 1 aliphatic heterocycles. The van der Waals surface area contributed by atoms with E-state index in [0.29, 0.717) is 23.2 Å². The van der Waals surface area contributed by atoms with E-state index in [1.807, 2.05) is 31.2 Å². The Morgan fingerprint density at radius 3 is 2.87 bits per heavy atom. The van der Waals surface area contributed by atoms with Crippen molar-refractivity contribution in [3.8, 4) is 11.4 Å². The first kappa shape index (κ1) is 16.4. The van der Waals surface area contributed by atoms with Crippen LogP contribution in [0.1, 0.15) is 32.1 Å². The number of aliphatic hydroxyl groups excluding tert-OH is 1. The molecule has 0 bridgehead atoms. The summed E-state index contributed by atoms with van der Waals surface area (Å²) in [5, 5.41) is 14.6. The summed E-state index contributed by atoms with van der Waals surface area (Å²) in [6.07, 6.45) is 3.82. The van der Waals surface area contributed by atoms with Gasteiger partial charge in [-0.05, 0) is 50.6 Å². The van der Waals surface area contributed by atoms with Gasteiger partial charge >= 0.3 is 0 Å². The second kappa shape index (κ2) is 7.43. The van der Waals surface area contributed by atoms with Crippen LogP contribution in [0.5, 0.6) is 0 Å². The Morgan fingerprint density at radius 1 is 1.35 bits per heavy atom. The van der Waals surface area contributed by atoms with Crippen LogP contribution >= 0.6 is 11.6 Å². The molecule has 0 amide bonds. The van der Waals surface area contributed by atoms with Crippen molar-refractivity contribution in [1.29, 1.82) is 0 Å². The molecule has 1 saturated heterocycles. The molecule has 6 heteroatoms. The predicted molar refractivity (Wildman–Crippen MR) is 89.3 cm³/mol. The molecular weight excluding hydrogens is 314 g/mol. The van der Waals surface area contributed by atoms with Crippen molar-refractivity contribution in [3.05, 3.63) is 35.2 Å². The maximum Gasteiger partial charge on any atom is 0.228 e. The van der Waals surface area contributed by atoms with Gasteiger partial charge in [-0.25, -0.2) is 0 Å². The van der Waals surface area contributed by atoms with Gasteiger partial charge in [-0.3, -0.25) is 4.90 Å². The van der Waals surface area contributed by atoms with Crippen LogP contribution in [0.2, 0.25) is 5.02 Å². The van der Waals surface area contributed by atoms with Crippen LogP contribution in [0.15, 0.2) is 28.8 Å². The Hall–Kier alpha value is -1.43. The van der Waals surface area contributed by atoms with Gasteiger partial charge in [0.2, 0.25) is 11.7 Å². The maximum atomic E-state index is 9.92. The highest BCUT2D eigenvalue weighted by atomic mass is 35.5. The van der Waals surface area contributed by atoms with Crippen molar-refractivity contribution in [1.82, 2.24) is 15.0 Å². The molecule has 1 aliphatic rings. The van der Waals surface area contributed by atoms with Gasteiger partial charge in [0, 0.05) is 29.6 Å². The Bertz CT molecular complexity index is 627. The van der Waals surface area contributed by atoms with Gasteiger partial charge < -0.3 is 9.63 Å². The molecule has 0 saturated carbocycles. The Morgan fingerprint density at radius 2 is 2.13 bits per heavy atom. The molecule has 1 N–H and O–H groups in total. The predicted octanol–water partition coefficient (Wildman–Crippen LogP) is 3.17. The molecule has 2 heterocycles. The number of hydrogen-bond donors (Lipinski definition) is 1. The molecule has 1 aromatic heterocycles. The van der Waals surface area contributed by atoms with Gasteiger partial charge in [0.25, 0.3) is 0 Å². The standard InChI is InChI=1S/C17H22ClN3O2/c1-12(22)15-4-2-3-10-21(15)11-9-16-19-17(20-23-16)13-5-7-14(18)8-6-13/h5-8,12,15,22H,2-4,9-11H2,1H3. The minimum atomic E-state index is -0.303. The van der Waals surface area contributed by atoms with Gasteiger partial charge in [0.15, 0.2) is 0 Å². The second-order valence-corrected chi connectivity index (χ2v) is 6.54. The van der Waals surface area contributed by atoms with Crippen LogP contribution < -0.4 is 0 Å². The number of hydrogen-bond acceptors (Lipinski definition) is 5. The van der Waals surface area contributed by atoms with Crippen molar-refractivity contribution in [2.45, 2.75) is 44.8 Å². The van der Waals surface area contributed by atoms with E-state index >= 15 is 0 Å². The lowest BCUT2D eigenvalue weighted by Gasteiger charge is -2.37. The maximum absolute atomic E-state index is 9.92. The van der Waals surface area contributed by atoms with Crippen molar-refractivity contribution in [2.75, 3.05) is 13.1 Å². The third-order valence-corrected chi connectivity index (χ3v) is 4.66. The smallest absolute Gasteiger partial charge is 0.228 e. The van der Waals surface area contributed by atoms with E-state index in [-0.39, 0.29) is 12.1 Å². The summed E-state index contributed by atoms with van der Waals surface area (Å²) < 4.78 is 5.35. The molecule has 2 unspecified atom stereocenters. The summed E-state index contributed by atoms with van der Waals surface area (Å²) in [5.41, 5.74) is 0.893. The third-order valence-electron chi connectivity index (χ3n) is 4.40. The lowest BCUT2D eigenvalue weighted by atomic mass is 9.98. The Labute approximate surface area is 141 Å². The molecule has 5 nitrogen and oxygen atoms in total. The topological polar surface area (TPSA) is 62.4 Å². The van der Waals surface area contributed by atoms with Crippen LogP contribution in [-0.2, 0) is 6.42 Å². The zero-order valence-electron chi connectivity index (χ0n) is 13.3. The lowest BCUT2D eigenvalue weighted by molar-refractivity contribution is 0.0361. The first-order chi connectivity index (χ1) is 11.1. The Balaban J connectivity index is 1.61. The van der Waals surface area contributed by atoms with Crippen LogP contribution in [0.3, 0.4) is 0 Å². The molecular formula is C17H22ClN3O2. The third kappa shape index (κ3) is 4.10. The van der Waals surface area contributed by atoms with E-state index in [1.165, 1.54) is 12.8 Å². The zero-order chi connectivity index (χ0) is 16.2. The molecule has 2 aromatic rings. The SMILES string of the molecule is CC(O)C1CCCCN1CCc1nc(-c2ccc(Cl)cc2)no1. The molecule has 0 aliphatic carbocycles. The van der Waals surface area contributed by atoms with E-state index in [0.717, 1.165) is 25.1 Å². The number of halogens is 1. The number of aliphatic hydroxyl groups is 1. The first-order valence-corrected chi connectivity index (χ1v) is 8.52. The van der Waals surface area contributed by atoms with Crippen molar-refractivity contribution in [3.63, 3.8) is 0 Å². The molecule has 1 fully saturated rings. The quantitative estimate of drug-likeness (QED) is 0.909. The summed E-state index contributed by atoms with van der Waals surface area (Å²) in [7, 11) is 0. The summed E-state index contributed by atoms with van der Waals surface area (Å²) in [4.78, 5) is 6.79. The van der Waals surface area contributed by atoms with E-state index in [9.17, 15) is 5.11 Å². The number of piperidine rings is 1. The zero-order valence-corrected chi connectivity index (χ0v) is 14.0. The summed E-state index contributed by atoms with van der Waals surface area (Å²) in [5.74, 6) is 1.22. The number of likely N-dealkylation sites (tertiary alicyclic amines) is 1. The number of aromatic nitrogens is 2. The summed E-state index contributed by atoms with van der Waals surface area (Å²) in [6.45, 7) is 3.72. The molecule has 3 rings (SSSR count). The fourth-order valence-corrected chi connectivity index (χ4v) is 3.28. The average Bonchev–Trinajstić information content (AvgIpc) is 3.03. The van der Waals surface area contributed by atoms with Gasteiger partial charge in [-0.1, -0.05) is 23.2 Å². The average molecular weight is 336 g/mol. The minimum Gasteiger partial charge on any atom is -0.392 e. The van der Waals surface area contributed by atoms with Gasteiger partial charge in [0.05, 0.1) is 6.10 Å². The molecule has 1 aromatic carbocycles. The molecule has 124 valence electrons. The number of nitrogens with zero attached hydrogens (tertiary/aromatic N) is 3. The normalized spacial score (nSPS) is 20.6. The molecule has 0 radical (unpaired) electrons. The van der Waals surface area contributed by atoms with Crippen molar-refractivity contribution < 1.29 is 9.63 Å². The van der Waals surface area contributed by atoms with Crippen molar-refractivity contribution >= 4 is 11.6 Å². The number of rotatable bonds is 5. The van der Waals surface area contributed by atoms with Gasteiger partial charge in [0.1, 0.15) is 0 Å². The number of benzene rings is 1. The van der Waals surface area contributed by atoms with E-state index in [4.69, 9.17) is 16.1 Å².